The number of thioether (sulfide) groups is 1. The van der Waals surface area contributed by atoms with Gasteiger partial charge in [0, 0.05) is 6.92 Å². The summed E-state index contributed by atoms with van der Waals surface area (Å²) in [5.74, 6) is -3.31. The Balaban J connectivity index is 3.01. The molecule has 0 spiro atoms. The summed E-state index contributed by atoms with van der Waals surface area (Å²) in [4.78, 5) is 49.7. The topological polar surface area (TPSA) is 136 Å². The van der Waals surface area contributed by atoms with Gasteiger partial charge in [0.2, 0.25) is 11.8 Å². The van der Waals surface area contributed by atoms with Gasteiger partial charge in [-0.1, -0.05) is 55.9 Å². The highest BCUT2D eigenvalue weighted by atomic mass is 32.2. The number of hydrogen-bond acceptors (Lipinski definition) is 8. The molecule has 0 aromatic heterocycles. The van der Waals surface area contributed by atoms with E-state index in [-0.39, 0.29) is 23.4 Å². The molecular weight excluding hydrogens is 480 g/mol. The first-order valence-electron chi connectivity index (χ1n) is 10.9. The summed E-state index contributed by atoms with van der Waals surface area (Å²) in [6, 6.07) is 7.01. The lowest BCUT2D eigenvalue weighted by Gasteiger charge is -2.30. The molecule has 1 rings (SSSR count). The highest BCUT2D eigenvalue weighted by Gasteiger charge is 2.37. The third kappa shape index (κ3) is 9.84. The highest BCUT2D eigenvalue weighted by molar-refractivity contribution is 8.14. The Morgan fingerprint density at radius 2 is 1.68 bits per heavy atom. The predicted octanol–water partition coefficient (Wildman–Crippen LogP) is 1.85. The molecule has 0 bridgehead atoms. The summed E-state index contributed by atoms with van der Waals surface area (Å²) in [5, 5.41) is 4.07. The Morgan fingerprint density at radius 3 is 2.18 bits per heavy atom. The van der Waals surface area contributed by atoms with Crippen LogP contribution in [-0.4, -0.2) is 60.5 Å². The molecule has 2 atom stereocenters. The van der Waals surface area contributed by atoms with Gasteiger partial charge in [-0.2, -0.15) is 0 Å². The standard InChI is InChI=1S/C23H34N2O7S2/c1-7-32-21(28)18(14-34(30,31)13-17-11-9-8-10-12-17)24-22(29)23(5,6)25-20(27)19(15(2)3)33-16(4)26/h8-12,15,18-19H,7,13-14H2,1-6H3,(H,24,29)(H,25,27)/t18-,19-/m0/s1. The number of carbonyl (C=O) groups excluding carboxylic acids is 4. The quantitative estimate of drug-likeness (QED) is 0.404. The van der Waals surface area contributed by atoms with Gasteiger partial charge >= 0.3 is 5.97 Å². The van der Waals surface area contributed by atoms with Crippen LogP contribution in [0.5, 0.6) is 0 Å². The van der Waals surface area contributed by atoms with Gasteiger partial charge in [0.15, 0.2) is 15.0 Å². The molecule has 2 N–H and O–H groups in total. The largest absolute Gasteiger partial charge is 0.464 e. The molecule has 9 nitrogen and oxygen atoms in total. The molecule has 190 valence electrons. The van der Waals surface area contributed by atoms with Crippen LogP contribution in [0.15, 0.2) is 30.3 Å². The lowest BCUT2D eigenvalue weighted by Crippen LogP contribution is -2.60. The summed E-state index contributed by atoms with van der Waals surface area (Å²) >= 11 is 0.866. The van der Waals surface area contributed by atoms with Crippen molar-refractivity contribution in [3.05, 3.63) is 35.9 Å². The summed E-state index contributed by atoms with van der Waals surface area (Å²) < 4.78 is 30.4. The monoisotopic (exact) mass is 514 g/mol. The molecule has 11 heteroatoms. The van der Waals surface area contributed by atoms with Crippen LogP contribution >= 0.6 is 11.8 Å². The zero-order chi connectivity index (χ0) is 26.1. The number of ether oxygens (including phenoxy) is 1. The number of sulfone groups is 1. The minimum Gasteiger partial charge on any atom is -0.464 e. The van der Waals surface area contributed by atoms with E-state index in [1.807, 2.05) is 0 Å². The van der Waals surface area contributed by atoms with E-state index in [2.05, 4.69) is 10.6 Å². The zero-order valence-electron chi connectivity index (χ0n) is 20.4. The fourth-order valence-electron chi connectivity index (χ4n) is 3.00. The van der Waals surface area contributed by atoms with Crippen LogP contribution in [0.3, 0.4) is 0 Å². The van der Waals surface area contributed by atoms with E-state index < -0.39 is 50.2 Å². The molecule has 0 aliphatic rings. The number of amides is 2. The number of nitrogens with one attached hydrogen (secondary N) is 2. The molecule has 2 amide bonds. The SMILES string of the molecule is CCOC(=O)[C@H](CS(=O)(=O)Cc1ccccc1)NC(=O)C(C)(C)NC(=O)[C@@H](SC(C)=O)C(C)C. The van der Waals surface area contributed by atoms with Crippen LogP contribution in [0.25, 0.3) is 0 Å². The van der Waals surface area contributed by atoms with E-state index in [0.29, 0.717) is 5.56 Å². The van der Waals surface area contributed by atoms with Gasteiger partial charge in [-0.25, -0.2) is 13.2 Å². The fourth-order valence-corrected chi connectivity index (χ4v) is 5.34. The van der Waals surface area contributed by atoms with Crippen LogP contribution in [0.4, 0.5) is 0 Å². The first-order chi connectivity index (χ1) is 15.7. The number of hydrogen-bond donors (Lipinski definition) is 2. The summed E-state index contributed by atoms with van der Waals surface area (Å²) in [6.07, 6.45) is 0. The van der Waals surface area contributed by atoms with Crippen molar-refractivity contribution in [3.63, 3.8) is 0 Å². The van der Waals surface area contributed by atoms with Gasteiger partial charge < -0.3 is 15.4 Å². The molecule has 0 heterocycles. The van der Waals surface area contributed by atoms with Crippen LogP contribution in [0, 0.1) is 5.92 Å². The first-order valence-corrected chi connectivity index (χ1v) is 13.6. The highest BCUT2D eigenvalue weighted by Crippen LogP contribution is 2.21. The maximum absolute atomic E-state index is 13.0. The fraction of sp³-hybridized carbons (Fsp3) is 0.565. The minimum atomic E-state index is -3.79. The average Bonchev–Trinajstić information content (AvgIpc) is 2.71. The van der Waals surface area contributed by atoms with Gasteiger partial charge in [0.05, 0.1) is 23.4 Å². The maximum atomic E-state index is 13.0. The van der Waals surface area contributed by atoms with Crippen molar-refractivity contribution < 1.29 is 32.3 Å². The second-order valence-corrected chi connectivity index (χ2v) is 12.1. The van der Waals surface area contributed by atoms with Gasteiger partial charge in [0.25, 0.3) is 0 Å². The molecule has 34 heavy (non-hydrogen) atoms. The van der Waals surface area contributed by atoms with E-state index >= 15 is 0 Å². The van der Waals surface area contributed by atoms with Crippen molar-refractivity contribution in [2.45, 2.75) is 64.1 Å². The van der Waals surface area contributed by atoms with Crippen molar-refractivity contribution >= 4 is 44.5 Å². The summed E-state index contributed by atoms with van der Waals surface area (Å²) in [6.45, 7) is 9.34. The third-order valence-corrected chi connectivity index (χ3v) is 7.65. The van der Waals surface area contributed by atoms with Gasteiger partial charge in [0.1, 0.15) is 11.6 Å². The minimum absolute atomic E-state index is 0.00238. The Morgan fingerprint density at radius 1 is 1.09 bits per heavy atom. The lowest BCUT2D eigenvalue weighted by atomic mass is 10.0. The molecule has 0 radical (unpaired) electrons. The summed E-state index contributed by atoms with van der Waals surface area (Å²) in [5.41, 5.74) is -0.943. The molecule has 0 aliphatic heterocycles. The second-order valence-electron chi connectivity index (χ2n) is 8.71. The van der Waals surface area contributed by atoms with E-state index in [1.54, 1.807) is 51.1 Å². The second kappa shape index (κ2) is 12.9. The molecule has 0 saturated carbocycles. The van der Waals surface area contributed by atoms with E-state index in [1.165, 1.54) is 20.8 Å². The number of esters is 1. The van der Waals surface area contributed by atoms with Crippen molar-refractivity contribution in [3.8, 4) is 0 Å². The normalized spacial score (nSPS) is 13.6. The first kappa shape index (κ1) is 29.6. The van der Waals surface area contributed by atoms with Crippen LogP contribution in [0.1, 0.15) is 47.1 Å². The molecule has 1 aromatic carbocycles. The molecule has 0 aliphatic carbocycles. The smallest absolute Gasteiger partial charge is 0.329 e. The Kier molecular flexibility index (Phi) is 11.2. The van der Waals surface area contributed by atoms with Crippen LogP contribution in [0.2, 0.25) is 0 Å². The van der Waals surface area contributed by atoms with Crippen molar-refractivity contribution in [2.75, 3.05) is 12.4 Å². The Hall–Kier alpha value is -2.40. The Labute approximate surface area is 205 Å². The van der Waals surface area contributed by atoms with Gasteiger partial charge in [-0.15, -0.1) is 0 Å². The van der Waals surface area contributed by atoms with Crippen LogP contribution < -0.4 is 10.6 Å². The van der Waals surface area contributed by atoms with Crippen molar-refractivity contribution in [1.82, 2.24) is 10.6 Å². The number of carbonyl (C=O) groups is 4. The lowest BCUT2D eigenvalue weighted by molar-refractivity contribution is -0.147. The van der Waals surface area contributed by atoms with E-state index in [4.69, 9.17) is 4.74 Å². The van der Waals surface area contributed by atoms with Crippen molar-refractivity contribution in [2.24, 2.45) is 5.92 Å². The predicted molar refractivity (Wildman–Crippen MR) is 132 cm³/mol. The maximum Gasteiger partial charge on any atom is 0.329 e. The summed E-state index contributed by atoms with van der Waals surface area (Å²) in [7, 11) is -3.79. The number of benzene rings is 1. The molecule has 0 unspecified atom stereocenters. The van der Waals surface area contributed by atoms with Gasteiger partial charge in [-0.3, -0.25) is 14.4 Å². The molecule has 0 saturated heterocycles. The molecular formula is C23H34N2O7S2. The number of rotatable bonds is 12. The Bertz CT molecular complexity index is 976. The van der Waals surface area contributed by atoms with Gasteiger partial charge in [-0.05, 0) is 32.3 Å². The van der Waals surface area contributed by atoms with E-state index in [0.717, 1.165) is 11.8 Å². The zero-order valence-corrected chi connectivity index (χ0v) is 22.0. The average molecular weight is 515 g/mol. The third-order valence-electron chi connectivity index (χ3n) is 4.69. The molecule has 0 fully saturated rings. The van der Waals surface area contributed by atoms with Crippen LogP contribution in [-0.2, 0) is 39.5 Å². The van der Waals surface area contributed by atoms with E-state index in [9.17, 15) is 27.6 Å². The molecule has 1 aromatic rings. The van der Waals surface area contributed by atoms with Crippen molar-refractivity contribution in [1.29, 1.82) is 0 Å².